The highest BCUT2D eigenvalue weighted by atomic mass is 35.5. The largest absolute Gasteiger partial charge is 0.456 e. The molecule has 3 rings (SSSR count). The molecule has 3 aromatic carbocycles. The Balaban J connectivity index is 1.54. The fourth-order valence-electron chi connectivity index (χ4n) is 2.91. The van der Waals surface area contributed by atoms with Crippen LogP contribution in [0.3, 0.4) is 0 Å². The Morgan fingerprint density at radius 1 is 0.812 bits per heavy atom. The Bertz CT molecular complexity index is 1050. The Morgan fingerprint density at radius 3 is 2.00 bits per heavy atom. The molecule has 32 heavy (non-hydrogen) atoms. The molecule has 0 saturated carbocycles. The van der Waals surface area contributed by atoms with Crippen molar-refractivity contribution in [1.29, 1.82) is 0 Å². The van der Waals surface area contributed by atoms with E-state index in [2.05, 4.69) is 5.32 Å². The van der Waals surface area contributed by atoms with Gasteiger partial charge in [0.2, 0.25) is 5.91 Å². The maximum absolute atomic E-state index is 12.9. The van der Waals surface area contributed by atoms with Crippen molar-refractivity contribution in [2.24, 2.45) is 0 Å². The standard InChI is InChI=1S/C24H20Cl2N2O4/c25-17-11-12-20(26)21(15-17)27-22(29)16-32-24(31)14-13-23(30)28(18-7-3-1-4-8-18)19-9-5-2-6-10-19/h1-12,15H,13-14,16H2,(H,27,29). The normalized spacial score (nSPS) is 10.3. The van der Waals surface area contributed by atoms with E-state index >= 15 is 0 Å². The van der Waals surface area contributed by atoms with Crippen molar-refractivity contribution in [2.75, 3.05) is 16.8 Å². The molecule has 0 heterocycles. The summed E-state index contributed by atoms with van der Waals surface area (Å²) in [5.41, 5.74) is 1.70. The SMILES string of the molecule is O=C(COC(=O)CCC(=O)N(c1ccccc1)c1ccccc1)Nc1cc(Cl)ccc1Cl. The van der Waals surface area contributed by atoms with E-state index in [0.717, 1.165) is 0 Å². The molecule has 0 aliphatic carbocycles. The smallest absolute Gasteiger partial charge is 0.306 e. The van der Waals surface area contributed by atoms with Crippen LogP contribution in [0.15, 0.2) is 78.9 Å². The lowest BCUT2D eigenvalue weighted by molar-refractivity contribution is -0.148. The van der Waals surface area contributed by atoms with Crippen LogP contribution in [0, 0.1) is 0 Å². The number of anilines is 3. The number of carbonyl (C=O) groups is 3. The Hall–Kier alpha value is -3.35. The number of carbonyl (C=O) groups excluding carboxylic acids is 3. The van der Waals surface area contributed by atoms with Gasteiger partial charge >= 0.3 is 5.97 Å². The van der Waals surface area contributed by atoms with Crippen LogP contribution in [0.4, 0.5) is 17.1 Å². The molecule has 6 nitrogen and oxygen atoms in total. The molecule has 1 N–H and O–H groups in total. The second-order valence-electron chi connectivity index (χ2n) is 6.73. The second-order valence-corrected chi connectivity index (χ2v) is 7.58. The number of para-hydroxylation sites is 2. The van der Waals surface area contributed by atoms with Gasteiger partial charge in [-0.1, -0.05) is 59.6 Å². The monoisotopic (exact) mass is 470 g/mol. The third-order valence-electron chi connectivity index (χ3n) is 4.39. The van der Waals surface area contributed by atoms with Crippen molar-refractivity contribution in [3.05, 3.63) is 88.9 Å². The Morgan fingerprint density at radius 2 is 1.41 bits per heavy atom. The summed E-state index contributed by atoms with van der Waals surface area (Å²) >= 11 is 11.9. The number of halogens is 2. The number of nitrogens with one attached hydrogen (secondary N) is 1. The maximum atomic E-state index is 12.9. The average Bonchev–Trinajstić information content (AvgIpc) is 2.80. The third-order valence-corrected chi connectivity index (χ3v) is 4.95. The fraction of sp³-hybridized carbons (Fsp3) is 0.125. The summed E-state index contributed by atoms with van der Waals surface area (Å²) in [6.45, 7) is -0.503. The lowest BCUT2D eigenvalue weighted by atomic mass is 10.2. The molecule has 2 amide bonds. The van der Waals surface area contributed by atoms with Crippen LogP contribution >= 0.6 is 23.2 Å². The Labute approximate surface area is 195 Å². The van der Waals surface area contributed by atoms with Crippen LogP contribution in [0.5, 0.6) is 0 Å². The zero-order valence-electron chi connectivity index (χ0n) is 17.0. The fourth-order valence-corrected chi connectivity index (χ4v) is 3.25. The van der Waals surface area contributed by atoms with E-state index in [4.69, 9.17) is 27.9 Å². The maximum Gasteiger partial charge on any atom is 0.306 e. The average molecular weight is 471 g/mol. The molecule has 0 aliphatic heterocycles. The van der Waals surface area contributed by atoms with Gasteiger partial charge in [-0.05, 0) is 42.5 Å². The van der Waals surface area contributed by atoms with Crippen molar-refractivity contribution in [2.45, 2.75) is 12.8 Å². The van der Waals surface area contributed by atoms with Gasteiger partial charge in [0.05, 0.1) is 17.1 Å². The summed E-state index contributed by atoms with van der Waals surface area (Å²) in [6, 6.07) is 22.9. The van der Waals surface area contributed by atoms with Gasteiger partial charge in [0.15, 0.2) is 6.61 Å². The molecule has 0 unspecified atom stereocenters. The highest BCUT2D eigenvalue weighted by Crippen LogP contribution is 2.27. The topological polar surface area (TPSA) is 75.7 Å². The van der Waals surface area contributed by atoms with Gasteiger partial charge in [-0.3, -0.25) is 19.3 Å². The quantitative estimate of drug-likeness (QED) is 0.433. The molecule has 164 valence electrons. The summed E-state index contributed by atoms with van der Waals surface area (Å²) in [5, 5.41) is 3.24. The number of amides is 2. The lowest BCUT2D eigenvalue weighted by Gasteiger charge is -2.23. The molecule has 0 atom stereocenters. The van der Waals surface area contributed by atoms with E-state index in [9.17, 15) is 14.4 Å². The molecule has 0 bridgehead atoms. The first-order valence-corrected chi connectivity index (χ1v) is 10.5. The number of hydrogen-bond acceptors (Lipinski definition) is 4. The van der Waals surface area contributed by atoms with E-state index in [1.807, 2.05) is 60.7 Å². The van der Waals surface area contributed by atoms with E-state index in [0.29, 0.717) is 27.1 Å². The Kier molecular flexibility index (Phi) is 8.25. The zero-order chi connectivity index (χ0) is 22.9. The first-order chi connectivity index (χ1) is 15.4. The van der Waals surface area contributed by atoms with Crippen LogP contribution in [0.25, 0.3) is 0 Å². The minimum absolute atomic E-state index is 0.0790. The van der Waals surface area contributed by atoms with Gasteiger partial charge in [-0.15, -0.1) is 0 Å². The first-order valence-electron chi connectivity index (χ1n) is 9.77. The van der Waals surface area contributed by atoms with E-state index < -0.39 is 18.5 Å². The molecular weight excluding hydrogens is 451 g/mol. The lowest BCUT2D eigenvalue weighted by Crippen LogP contribution is -2.27. The van der Waals surface area contributed by atoms with E-state index in [1.165, 1.54) is 6.07 Å². The van der Waals surface area contributed by atoms with E-state index in [1.54, 1.807) is 17.0 Å². The van der Waals surface area contributed by atoms with Crippen LogP contribution in [0.2, 0.25) is 10.0 Å². The van der Waals surface area contributed by atoms with Gasteiger partial charge in [0, 0.05) is 22.8 Å². The second kappa shape index (κ2) is 11.3. The molecule has 0 aromatic heterocycles. The zero-order valence-corrected chi connectivity index (χ0v) is 18.5. The van der Waals surface area contributed by atoms with Crippen LogP contribution in [0.1, 0.15) is 12.8 Å². The number of ether oxygens (including phenoxy) is 1. The van der Waals surface area contributed by atoms with Crippen molar-refractivity contribution < 1.29 is 19.1 Å². The van der Waals surface area contributed by atoms with Crippen LogP contribution < -0.4 is 10.2 Å². The summed E-state index contributed by atoms with van der Waals surface area (Å²) in [4.78, 5) is 38.6. The number of rotatable bonds is 8. The molecule has 0 radical (unpaired) electrons. The molecule has 0 aliphatic rings. The summed E-state index contributed by atoms with van der Waals surface area (Å²) in [5.74, 6) is -1.50. The molecule has 0 fully saturated rings. The molecular formula is C24H20Cl2N2O4. The first kappa shape index (κ1) is 23.3. The van der Waals surface area contributed by atoms with Crippen molar-refractivity contribution in [3.63, 3.8) is 0 Å². The number of benzene rings is 3. The van der Waals surface area contributed by atoms with Gasteiger partial charge in [0.1, 0.15) is 0 Å². The molecule has 3 aromatic rings. The summed E-state index contributed by atoms with van der Waals surface area (Å²) < 4.78 is 4.99. The highest BCUT2D eigenvalue weighted by molar-refractivity contribution is 6.35. The number of nitrogens with zero attached hydrogens (tertiary/aromatic N) is 1. The molecule has 0 spiro atoms. The minimum Gasteiger partial charge on any atom is -0.456 e. The molecule has 0 saturated heterocycles. The number of hydrogen-bond donors (Lipinski definition) is 1. The summed E-state index contributed by atoms with van der Waals surface area (Å²) in [6.07, 6.45) is -0.245. The van der Waals surface area contributed by atoms with Gasteiger partial charge in [-0.25, -0.2) is 0 Å². The predicted octanol–water partition coefficient (Wildman–Crippen LogP) is 5.62. The van der Waals surface area contributed by atoms with Gasteiger partial charge in [-0.2, -0.15) is 0 Å². The highest BCUT2D eigenvalue weighted by Gasteiger charge is 2.19. The van der Waals surface area contributed by atoms with E-state index in [-0.39, 0.29) is 18.7 Å². The molecule has 8 heteroatoms. The van der Waals surface area contributed by atoms with Crippen molar-refractivity contribution in [1.82, 2.24) is 0 Å². The minimum atomic E-state index is -0.660. The predicted molar refractivity (Wildman–Crippen MR) is 125 cm³/mol. The number of esters is 1. The third kappa shape index (κ3) is 6.57. The van der Waals surface area contributed by atoms with Crippen molar-refractivity contribution >= 4 is 58.0 Å². The van der Waals surface area contributed by atoms with Gasteiger partial charge < -0.3 is 10.1 Å². The van der Waals surface area contributed by atoms with Crippen LogP contribution in [-0.4, -0.2) is 24.4 Å². The van der Waals surface area contributed by atoms with Crippen LogP contribution in [-0.2, 0) is 19.1 Å². The summed E-state index contributed by atoms with van der Waals surface area (Å²) in [7, 11) is 0. The van der Waals surface area contributed by atoms with Gasteiger partial charge in [0.25, 0.3) is 5.91 Å². The van der Waals surface area contributed by atoms with Crippen molar-refractivity contribution in [3.8, 4) is 0 Å².